The highest BCUT2D eigenvalue weighted by molar-refractivity contribution is 7.18. The summed E-state index contributed by atoms with van der Waals surface area (Å²) < 4.78 is 0.689. The molecule has 1 aromatic heterocycles. The fourth-order valence-corrected chi connectivity index (χ4v) is 2.39. The number of hydrogen-bond donors (Lipinski definition) is 2. The Labute approximate surface area is 119 Å². The van der Waals surface area contributed by atoms with E-state index in [2.05, 4.69) is 10.5 Å². The van der Waals surface area contributed by atoms with Crippen LogP contribution >= 0.6 is 22.9 Å². The summed E-state index contributed by atoms with van der Waals surface area (Å²) in [6.45, 7) is 1.81. The molecule has 0 aliphatic carbocycles. The summed E-state index contributed by atoms with van der Waals surface area (Å²) >= 11 is 7.25. The molecule has 1 heterocycles. The van der Waals surface area contributed by atoms with Crippen molar-refractivity contribution in [3.63, 3.8) is 0 Å². The fraction of sp³-hybridized carbons (Fsp3) is 0.0769. The largest absolute Gasteiger partial charge is 0.399 e. The fourth-order valence-electron chi connectivity index (χ4n) is 1.40. The Hall–Kier alpha value is -1.85. The van der Waals surface area contributed by atoms with E-state index in [4.69, 9.17) is 17.3 Å². The minimum absolute atomic E-state index is 0.276. The number of nitrogens with one attached hydrogen (secondary N) is 1. The second-order valence-corrected chi connectivity index (χ2v) is 5.58. The lowest BCUT2D eigenvalue weighted by Crippen LogP contribution is -2.19. The second kappa shape index (κ2) is 5.86. The molecule has 2 aromatic rings. The predicted octanol–water partition coefficient (Wildman–Crippen LogP) is 3.14. The van der Waals surface area contributed by atoms with Gasteiger partial charge in [0.05, 0.1) is 14.9 Å². The standard InChI is InChI=1S/C13H12ClN3OS/c1-8(11-6-7-12(14)19-11)16-17-13(18)9-2-4-10(15)5-3-9/h2-7H,15H2,1H3,(H,17,18). The second-order valence-electron chi connectivity index (χ2n) is 3.86. The molecule has 4 nitrogen and oxygen atoms in total. The molecule has 19 heavy (non-hydrogen) atoms. The Morgan fingerprint density at radius 1 is 1.26 bits per heavy atom. The van der Waals surface area contributed by atoms with Gasteiger partial charge < -0.3 is 5.73 Å². The van der Waals surface area contributed by atoms with Crippen molar-refractivity contribution >= 4 is 40.2 Å². The first-order valence-corrected chi connectivity index (χ1v) is 6.71. The van der Waals surface area contributed by atoms with Crippen molar-refractivity contribution < 1.29 is 4.79 Å². The van der Waals surface area contributed by atoms with Gasteiger partial charge in [0.1, 0.15) is 0 Å². The summed E-state index contributed by atoms with van der Waals surface area (Å²) in [6, 6.07) is 10.3. The third-order valence-corrected chi connectivity index (χ3v) is 3.77. The quantitative estimate of drug-likeness (QED) is 0.518. The SMILES string of the molecule is CC(=NNC(=O)c1ccc(N)cc1)c1ccc(Cl)s1. The number of carbonyl (C=O) groups is 1. The van der Waals surface area contributed by atoms with E-state index >= 15 is 0 Å². The van der Waals surface area contributed by atoms with E-state index in [1.807, 2.05) is 13.0 Å². The molecule has 0 fully saturated rings. The molecular formula is C13H12ClN3OS. The number of benzene rings is 1. The molecular weight excluding hydrogens is 282 g/mol. The highest BCUT2D eigenvalue weighted by atomic mass is 35.5. The molecule has 0 unspecified atom stereocenters. The van der Waals surface area contributed by atoms with Crippen LogP contribution in [0.25, 0.3) is 0 Å². The number of nitrogens with two attached hydrogens (primary N) is 1. The van der Waals surface area contributed by atoms with Crippen LogP contribution in [0.3, 0.4) is 0 Å². The van der Waals surface area contributed by atoms with Gasteiger partial charge >= 0.3 is 0 Å². The molecule has 0 atom stereocenters. The van der Waals surface area contributed by atoms with Gasteiger partial charge in [-0.1, -0.05) is 11.6 Å². The minimum atomic E-state index is -0.276. The van der Waals surface area contributed by atoms with E-state index in [1.54, 1.807) is 30.3 Å². The van der Waals surface area contributed by atoms with E-state index in [0.717, 1.165) is 4.88 Å². The Kier molecular flexibility index (Phi) is 4.19. The Bertz CT molecular complexity index is 619. The summed E-state index contributed by atoms with van der Waals surface area (Å²) in [5.41, 5.74) is 9.89. The molecule has 0 radical (unpaired) electrons. The first kappa shape index (κ1) is 13.6. The van der Waals surface area contributed by atoms with E-state index in [9.17, 15) is 4.79 Å². The van der Waals surface area contributed by atoms with Gasteiger partial charge in [0.25, 0.3) is 5.91 Å². The van der Waals surface area contributed by atoms with Crippen LogP contribution in [-0.4, -0.2) is 11.6 Å². The number of rotatable bonds is 3. The monoisotopic (exact) mass is 293 g/mol. The number of nitrogen functional groups attached to an aromatic ring is 1. The van der Waals surface area contributed by atoms with E-state index in [0.29, 0.717) is 21.3 Å². The summed E-state index contributed by atoms with van der Waals surface area (Å²) in [6.07, 6.45) is 0. The van der Waals surface area contributed by atoms with Crippen molar-refractivity contribution in [2.24, 2.45) is 5.10 Å². The Morgan fingerprint density at radius 2 is 1.95 bits per heavy atom. The molecule has 0 bridgehead atoms. The van der Waals surface area contributed by atoms with Gasteiger partial charge in [-0.15, -0.1) is 11.3 Å². The molecule has 3 N–H and O–H groups in total. The molecule has 1 amide bonds. The average Bonchev–Trinajstić information content (AvgIpc) is 2.83. The molecule has 6 heteroatoms. The van der Waals surface area contributed by atoms with Gasteiger partial charge in [-0.25, -0.2) is 5.43 Å². The van der Waals surface area contributed by atoms with Crippen molar-refractivity contribution in [2.75, 3.05) is 5.73 Å². The van der Waals surface area contributed by atoms with Crippen LogP contribution in [0.15, 0.2) is 41.5 Å². The first-order chi connectivity index (χ1) is 9.06. The van der Waals surface area contributed by atoms with E-state index in [1.165, 1.54) is 11.3 Å². The topological polar surface area (TPSA) is 67.5 Å². The highest BCUT2D eigenvalue weighted by Crippen LogP contribution is 2.21. The maximum absolute atomic E-state index is 11.8. The van der Waals surface area contributed by atoms with E-state index in [-0.39, 0.29) is 5.91 Å². The molecule has 2 rings (SSSR count). The lowest BCUT2D eigenvalue weighted by Gasteiger charge is -2.01. The maximum Gasteiger partial charge on any atom is 0.271 e. The van der Waals surface area contributed by atoms with Crippen LogP contribution in [0, 0.1) is 0 Å². The number of thiophene rings is 1. The van der Waals surface area contributed by atoms with Gasteiger partial charge in [0, 0.05) is 11.3 Å². The molecule has 98 valence electrons. The zero-order valence-electron chi connectivity index (χ0n) is 10.2. The summed E-state index contributed by atoms with van der Waals surface area (Å²) in [5.74, 6) is -0.276. The van der Waals surface area contributed by atoms with Gasteiger partial charge in [0.15, 0.2) is 0 Å². The molecule has 0 aliphatic heterocycles. The van der Waals surface area contributed by atoms with Gasteiger partial charge in [-0.2, -0.15) is 5.10 Å². The number of halogens is 1. The number of nitrogens with zero attached hydrogens (tertiary/aromatic N) is 1. The molecule has 0 spiro atoms. The van der Waals surface area contributed by atoms with Crippen LogP contribution < -0.4 is 11.2 Å². The van der Waals surface area contributed by atoms with Crippen LogP contribution in [0.2, 0.25) is 4.34 Å². The van der Waals surface area contributed by atoms with Gasteiger partial charge in [-0.3, -0.25) is 4.79 Å². The highest BCUT2D eigenvalue weighted by Gasteiger charge is 2.05. The zero-order valence-corrected chi connectivity index (χ0v) is 11.8. The van der Waals surface area contributed by atoms with Crippen LogP contribution in [-0.2, 0) is 0 Å². The third kappa shape index (κ3) is 3.56. The summed E-state index contributed by atoms with van der Waals surface area (Å²) in [5, 5.41) is 4.04. The van der Waals surface area contributed by atoms with Crippen LogP contribution in [0.5, 0.6) is 0 Å². The van der Waals surface area contributed by atoms with Gasteiger partial charge in [0.2, 0.25) is 0 Å². The first-order valence-electron chi connectivity index (χ1n) is 5.52. The van der Waals surface area contributed by atoms with Crippen molar-refractivity contribution in [1.29, 1.82) is 0 Å². The van der Waals surface area contributed by atoms with Gasteiger partial charge in [-0.05, 0) is 43.3 Å². The number of hydrazone groups is 1. The minimum Gasteiger partial charge on any atom is -0.399 e. The zero-order chi connectivity index (χ0) is 13.8. The van der Waals surface area contributed by atoms with Crippen molar-refractivity contribution in [3.05, 3.63) is 51.2 Å². The van der Waals surface area contributed by atoms with Crippen molar-refractivity contribution in [2.45, 2.75) is 6.92 Å². The molecule has 0 saturated heterocycles. The molecule has 0 aliphatic rings. The van der Waals surface area contributed by atoms with Crippen LogP contribution in [0.4, 0.5) is 5.69 Å². The number of anilines is 1. The maximum atomic E-state index is 11.8. The van der Waals surface area contributed by atoms with Crippen molar-refractivity contribution in [1.82, 2.24) is 5.43 Å². The smallest absolute Gasteiger partial charge is 0.271 e. The summed E-state index contributed by atoms with van der Waals surface area (Å²) in [7, 11) is 0. The van der Waals surface area contributed by atoms with E-state index < -0.39 is 0 Å². The number of hydrogen-bond acceptors (Lipinski definition) is 4. The number of amides is 1. The molecule has 0 saturated carbocycles. The van der Waals surface area contributed by atoms with Crippen LogP contribution in [0.1, 0.15) is 22.2 Å². The summed E-state index contributed by atoms with van der Waals surface area (Å²) in [4.78, 5) is 12.7. The Morgan fingerprint density at radius 3 is 2.53 bits per heavy atom. The van der Waals surface area contributed by atoms with Crippen molar-refractivity contribution in [3.8, 4) is 0 Å². The number of carbonyl (C=O) groups excluding carboxylic acids is 1. The Balaban J connectivity index is 2.05. The normalized spacial score (nSPS) is 11.4. The lowest BCUT2D eigenvalue weighted by molar-refractivity contribution is 0.0955. The average molecular weight is 294 g/mol. The lowest BCUT2D eigenvalue weighted by atomic mass is 10.2. The molecule has 1 aromatic carbocycles. The predicted molar refractivity (Wildman–Crippen MR) is 79.9 cm³/mol. The third-order valence-electron chi connectivity index (χ3n) is 2.43.